The Kier molecular flexibility index (Phi) is 20.7. The van der Waals surface area contributed by atoms with E-state index in [9.17, 15) is 59.4 Å². The summed E-state index contributed by atoms with van der Waals surface area (Å²) in [4.78, 5) is 60.0. The number of carbonyl (C=O) groups is 6. The molecule has 0 aromatic heterocycles. The number of rotatable bonds is 10. The van der Waals surface area contributed by atoms with Crippen molar-refractivity contribution in [3.63, 3.8) is 0 Å². The molecule has 17 heteroatoms. The maximum atomic E-state index is 10.1. The molecule has 0 fully saturated rings. The first-order valence-corrected chi connectivity index (χ1v) is 6.23. The number of hydrogen-bond acceptors (Lipinski definition) is 14. The van der Waals surface area contributed by atoms with Crippen molar-refractivity contribution in [1.29, 1.82) is 0 Å². The zero-order chi connectivity index (χ0) is 21.3. The average Bonchev–Trinajstić information content (AvgIpc) is 2.34. The number of carboxylic acid groups (broad SMARTS) is 6. The topological polar surface area (TPSA) is 354 Å². The summed E-state index contributed by atoms with van der Waals surface area (Å²) < 4.78 is 0. The van der Waals surface area contributed by atoms with E-state index in [1.807, 2.05) is 0 Å². The predicted octanol–water partition coefficient (Wildman–Crippen LogP) is -9.75. The number of hydrogen-bond donors (Lipinski definition) is 4. The van der Waals surface area contributed by atoms with Crippen LogP contribution in [0.1, 0.15) is 25.7 Å². The quantitative estimate of drug-likeness (QED) is 0.195. The SMILES string of the molecule is O=C([O-])CC(O)(CC(=O)[O-])C(=O)[O-].O=C([O-])CC(O)(CC(=O)[O-])C(=O)[O-].[Ce+4].[NH4+].[NH4+]. The molecular formula is C12H18CeN2O14. The first-order valence-electron chi connectivity index (χ1n) is 6.23. The van der Waals surface area contributed by atoms with Crippen LogP contribution in [0, 0.1) is 41.7 Å². The van der Waals surface area contributed by atoms with E-state index in [2.05, 4.69) is 0 Å². The molecule has 0 unspecified atom stereocenters. The molecule has 0 spiro atoms. The van der Waals surface area contributed by atoms with Crippen molar-refractivity contribution in [2.75, 3.05) is 0 Å². The molecular weight excluding hydrogens is 536 g/mol. The number of aliphatic hydroxyl groups is 2. The van der Waals surface area contributed by atoms with E-state index in [1.165, 1.54) is 0 Å². The molecule has 0 saturated heterocycles. The standard InChI is InChI=1S/2C6H8O7.Ce.2H3N/c2*7-3(8)1-6(13,5(11)12)2-4(9)10;;;/h2*13H,1-2H2,(H,7,8)(H,9,10)(H,11,12);;2*1H3/q;;+4;;/p-4. The number of aliphatic carboxylic acids is 6. The Morgan fingerprint density at radius 3 is 0.724 bits per heavy atom. The fourth-order valence-electron chi connectivity index (χ4n) is 1.37. The van der Waals surface area contributed by atoms with Crippen LogP contribution in [0.25, 0.3) is 0 Å². The van der Waals surface area contributed by atoms with Gasteiger partial charge in [-0.05, 0) is 0 Å². The summed E-state index contributed by atoms with van der Waals surface area (Å²) in [5.74, 6) is -12.0. The van der Waals surface area contributed by atoms with E-state index in [4.69, 9.17) is 10.2 Å². The molecule has 0 aliphatic rings. The summed E-state index contributed by atoms with van der Waals surface area (Å²) >= 11 is 0. The van der Waals surface area contributed by atoms with E-state index < -0.39 is 72.7 Å². The van der Waals surface area contributed by atoms with Crippen molar-refractivity contribution in [3.8, 4) is 0 Å². The third-order valence-electron chi connectivity index (χ3n) is 2.51. The Balaban J connectivity index is -0.000000120. The van der Waals surface area contributed by atoms with Crippen molar-refractivity contribution in [2.45, 2.75) is 36.9 Å². The minimum atomic E-state index is -2.97. The molecule has 0 aliphatic carbocycles. The van der Waals surface area contributed by atoms with Crippen molar-refractivity contribution in [1.82, 2.24) is 12.3 Å². The van der Waals surface area contributed by atoms with E-state index in [1.54, 1.807) is 0 Å². The van der Waals surface area contributed by atoms with Crippen molar-refractivity contribution in [2.24, 2.45) is 0 Å². The van der Waals surface area contributed by atoms with Crippen LogP contribution in [-0.4, -0.2) is 57.2 Å². The molecule has 0 amide bonds. The van der Waals surface area contributed by atoms with Crippen LogP contribution >= 0.6 is 0 Å². The monoisotopic (exact) mass is 554 g/mol. The van der Waals surface area contributed by atoms with Gasteiger partial charge in [-0.1, -0.05) is 0 Å². The van der Waals surface area contributed by atoms with Gasteiger partial charge in [0.05, 0.1) is 11.9 Å². The van der Waals surface area contributed by atoms with E-state index >= 15 is 0 Å². The zero-order valence-corrected chi connectivity index (χ0v) is 18.3. The maximum Gasteiger partial charge on any atom is 4.00 e. The van der Waals surface area contributed by atoms with Gasteiger partial charge in [-0.2, -0.15) is 0 Å². The van der Waals surface area contributed by atoms with Crippen LogP contribution in [0.2, 0.25) is 0 Å². The summed E-state index contributed by atoms with van der Waals surface area (Å²) in [5, 5.41) is 77.9. The number of quaternary nitrogens is 2. The van der Waals surface area contributed by atoms with Crippen molar-refractivity contribution >= 4 is 35.8 Å². The van der Waals surface area contributed by atoms with Gasteiger partial charge in [0.2, 0.25) is 0 Å². The minimum Gasteiger partial charge on any atom is -0.550 e. The van der Waals surface area contributed by atoms with E-state index in [-0.39, 0.29) is 54.0 Å². The Hall–Kier alpha value is -1.96. The molecule has 0 radical (unpaired) electrons. The van der Waals surface area contributed by atoms with Crippen molar-refractivity contribution in [3.05, 3.63) is 0 Å². The summed E-state index contributed by atoms with van der Waals surface area (Å²) in [5.41, 5.74) is -5.95. The fraction of sp³-hybridized carbons (Fsp3) is 0.500. The molecule has 10 N–H and O–H groups in total. The summed E-state index contributed by atoms with van der Waals surface area (Å²) in [6.07, 6.45) is -5.43. The zero-order valence-electron chi connectivity index (χ0n) is 15.1. The molecule has 164 valence electrons. The first kappa shape index (κ1) is 37.7. The van der Waals surface area contributed by atoms with Gasteiger partial charge in [0.15, 0.2) is 0 Å². The van der Waals surface area contributed by atoms with Crippen molar-refractivity contribution < 1.29 is 111 Å². The summed E-state index contributed by atoms with van der Waals surface area (Å²) in [6.45, 7) is 0. The molecule has 29 heavy (non-hydrogen) atoms. The maximum absolute atomic E-state index is 10.1. The molecule has 0 aromatic rings. The van der Waals surface area contributed by atoms with Gasteiger partial charge >= 0.3 is 41.7 Å². The molecule has 0 saturated carbocycles. The number of carboxylic acids is 6. The molecule has 0 bridgehead atoms. The van der Waals surface area contributed by atoms with Gasteiger partial charge in [0.1, 0.15) is 11.2 Å². The second-order valence-electron chi connectivity index (χ2n) is 4.83. The molecule has 0 aliphatic heterocycles. The number of carbonyl (C=O) groups excluding carboxylic acids is 6. The molecule has 0 heterocycles. The average molecular weight is 554 g/mol. The van der Waals surface area contributed by atoms with Gasteiger partial charge in [-0.15, -0.1) is 0 Å². The predicted molar refractivity (Wildman–Crippen MR) is 70.4 cm³/mol. The van der Waals surface area contributed by atoms with Crippen LogP contribution in [0.4, 0.5) is 0 Å². The van der Waals surface area contributed by atoms with Crippen LogP contribution in [0.5, 0.6) is 0 Å². The van der Waals surface area contributed by atoms with Gasteiger partial charge in [0.25, 0.3) is 0 Å². The van der Waals surface area contributed by atoms with Crippen LogP contribution < -0.4 is 42.9 Å². The Morgan fingerprint density at radius 2 is 0.655 bits per heavy atom. The Morgan fingerprint density at radius 1 is 0.517 bits per heavy atom. The summed E-state index contributed by atoms with van der Waals surface area (Å²) in [7, 11) is 0. The molecule has 16 nitrogen and oxygen atoms in total. The largest absolute Gasteiger partial charge is 4.00 e. The molecule has 0 atom stereocenters. The fourth-order valence-corrected chi connectivity index (χ4v) is 1.37. The molecule has 0 rings (SSSR count). The van der Waals surface area contributed by atoms with Crippen LogP contribution in [0.15, 0.2) is 0 Å². The third-order valence-corrected chi connectivity index (χ3v) is 2.51. The normalized spacial score (nSPS) is 9.72. The summed E-state index contributed by atoms with van der Waals surface area (Å²) in [6, 6.07) is 0. The minimum absolute atomic E-state index is 0. The molecule has 0 aromatic carbocycles. The second kappa shape index (κ2) is 15.9. The Bertz CT molecular complexity index is 523. The van der Waals surface area contributed by atoms with Gasteiger partial charge in [-0.25, -0.2) is 0 Å². The van der Waals surface area contributed by atoms with Crippen LogP contribution in [0.3, 0.4) is 0 Å². The Labute approximate surface area is 195 Å². The van der Waals surface area contributed by atoms with Gasteiger partial charge < -0.3 is 81.9 Å². The third kappa shape index (κ3) is 16.7. The van der Waals surface area contributed by atoms with Gasteiger partial charge in [0, 0.05) is 49.6 Å². The van der Waals surface area contributed by atoms with Crippen LogP contribution in [-0.2, 0) is 28.8 Å². The first-order chi connectivity index (χ1) is 11.6. The second-order valence-corrected chi connectivity index (χ2v) is 4.83. The van der Waals surface area contributed by atoms with Gasteiger partial charge in [-0.3, -0.25) is 0 Å². The van der Waals surface area contributed by atoms with E-state index in [0.29, 0.717) is 0 Å². The smallest absolute Gasteiger partial charge is 0.550 e. The van der Waals surface area contributed by atoms with E-state index in [0.717, 1.165) is 0 Å².